The first kappa shape index (κ1) is 18.8. The number of hydrogen-bond donors (Lipinski definition) is 3. The third-order valence-electron chi connectivity index (χ3n) is 2.42. The smallest absolute Gasteiger partial charge is 0.442 e. The van der Waals surface area contributed by atoms with E-state index in [4.69, 9.17) is 5.11 Å². The second-order valence-corrected chi connectivity index (χ2v) is 5.30. The average Bonchev–Trinajstić information content (AvgIpc) is 2.44. The van der Waals surface area contributed by atoms with Gasteiger partial charge in [0.05, 0.1) is 12.2 Å². The number of amides is 2. The van der Waals surface area contributed by atoms with E-state index in [-0.39, 0.29) is 24.2 Å². The molecule has 1 rings (SSSR count). The van der Waals surface area contributed by atoms with Crippen molar-refractivity contribution in [1.82, 2.24) is 5.32 Å². The molecular weight excluding hydrogens is 337 g/mol. The van der Waals surface area contributed by atoms with Gasteiger partial charge in [-0.1, -0.05) is 0 Å². The molecule has 2 amide bonds. The zero-order chi connectivity index (χ0) is 17.5. The van der Waals surface area contributed by atoms with Crippen molar-refractivity contribution in [2.75, 3.05) is 17.6 Å². The number of carbonyl (C=O) groups is 3. The number of halogens is 3. The minimum atomic E-state index is -4.48. The Labute approximate surface area is 133 Å². The Morgan fingerprint density at radius 3 is 2.26 bits per heavy atom. The zero-order valence-corrected chi connectivity index (χ0v) is 12.5. The van der Waals surface area contributed by atoms with E-state index in [2.05, 4.69) is 10.6 Å². The molecule has 0 fully saturated rings. The van der Waals surface area contributed by atoms with Gasteiger partial charge in [-0.15, -0.1) is 0 Å². The first-order chi connectivity index (χ1) is 10.7. The molecular formula is C13H13F3N2O4S. The number of hydrogen-bond acceptors (Lipinski definition) is 4. The second-order valence-electron chi connectivity index (χ2n) is 4.26. The number of alkyl halides is 3. The van der Waals surface area contributed by atoms with E-state index in [0.717, 1.165) is 0 Å². The van der Waals surface area contributed by atoms with Gasteiger partial charge in [0.25, 0.3) is 5.91 Å². The van der Waals surface area contributed by atoms with Gasteiger partial charge in [0.1, 0.15) is 0 Å². The van der Waals surface area contributed by atoms with Gasteiger partial charge < -0.3 is 15.7 Å². The summed E-state index contributed by atoms with van der Waals surface area (Å²) in [7, 11) is 0. The lowest BCUT2D eigenvalue weighted by Gasteiger charge is -2.08. The molecule has 0 saturated carbocycles. The number of anilines is 1. The van der Waals surface area contributed by atoms with Gasteiger partial charge in [0, 0.05) is 17.8 Å². The molecule has 0 spiro atoms. The van der Waals surface area contributed by atoms with Crippen LogP contribution in [0.3, 0.4) is 0 Å². The highest BCUT2D eigenvalue weighted by Crippen LogP contribution is 2.29. The molecule has 0 aliphatic heterocycles. The Bertz CT molecular complexity index is 576. The third-order valence-corrected chi connectivity index (χ3v) is 3.16. The van der Waals surface area contributed by atoms with E-state index in [1.807, 2.05) is 0 Å². The number of rotatable bonds is 7. The zero-order valence-electron chi connectivity index (χ0n) is 11.6. The van der Waals surface area contributed by atoms with Crippen LogP contribution in [-0.4, -0.2) is 40.7 Å². The Morgan fingerprint density at radius 2 is 1.74 bits per heavy atom. The van der Waals surface area contributed by atoms with Crippen LogP contribution in [0.5, 0.6) is 0 Å². The molecule has 1 aromatic carbocycles. The van der Waals surface area contributed by atoms with Crippen LogP contribution in [0.2, 0.25) is 0 Å². The van der Waals surface area contributed by atoms with Crippen LogP contribution in [-0.2, 0) is 9.59 Å². The summed E-state index contributed by atoms with van der Waals surface area (Å²) in [5.41, 5.74) is -3.99. The molecule has 0 saturated heterocycles. The van der Waals surface area contributed by atoms with Crippen molar-refractivity contribution >= 4 is 35.2 Å². The normalized spacial score (nSPS) is 10.9. The van der Waals surface area contributed by atoms with Crippen LogP contribution in [0.1, 0.15) is 16.8 Å². The summed E-state index contributed by atoms with van der Waals surface area (Å²) in [4.78, 5) is 33.3. The van der Waals surface area contributed by atoms with Crippen molar-refractivity contribution < 1.29 is 32.7 Å². The van der Waals surface area contributed by atoms with Crippen molar-refractivity contribution in [3.8, 4) is 0 Å². The summed E-state index contributed by atoms with van der Waals surface area (Å²) in [6.07, 6.45) is -0.212. The topological polar surface area (TPSA) is 95.5 Å². The van der Waals surface area contributed by atoms with Crippen LogP contribution < -0.4 is 10.6 Å². The summed E-state index contributed by atoms with van der Waals surface area (Å²) in [6.45, 7) is -0.0265. The molecule has 0 bridgehead atoms. The highest BCUT2D eigenvalue weighted by molar-refractivity contribution is 8.00. The maximum Gasteiger partial charge on any atom is 0.442 e. The first-order valence-corrected chi connectivity index (χ1v) is 7.26. The van der Waals surface area contributed by atoms with Gasteiger partial charge in [-0.2, -0.15) is 13.2 Å². The van der Waals surface area contributed by atoms with E-state index in [9.17, 15) is 27.6 Å². The van der Waals surface area contributed by atoms with Gasteiger partial charge in [0.2, 0.25) is 5.91 Å². The molecule has 0 heterocycles. The molecule has 3 N–H and O–H groups in total. The Morgan fingerprint density at radius 1 is 1.13 bits per heavy atom. The Kier molecular flexibility index (Phi) is 6.89. The minimum Gasteiger partial charge on any atom is -0.481 e. The molecule has 126 valence electrons. The highest BCUT2D eigenvalue weighted by Gasteiger charge is 2.29. The van der Waals surface area contributed by atoms with Crippen molar-refractivity contribution in [2.24, 2.45) is 0 Å². The van der Waals surface area contributed by atoms with Gasteiger partial charge in [-0.25, -0.2) is 0 Å². The quantitative estimate of drug-likeness (QED) is 0.700. The summed E-state index contributed by atoms with van der Waals surface area (Å²) >= 11 is -0.444. The standard InChI is InChI=1S/C13H13F3N2O4S/c14-13(15,16)23-7-10(19)18-9-3-1-8(2-4-9)12(22)17-6-5-11(20)21/h1-4H,5-7H2,(H,17,22)(H,18,19)(H,20,21). The van der Waals surface area contributed by atoms with Crippen LogP contribution in [0.4, 0.5) is 18.9 Å². The lowest BCUT2D eigenvalue weighted by Crippen LogP contribution is -2.26. The number of carboxylic acids is 1. The summed E-state index contributed by atoms with van der Waals surface area (Å²) in [5, 5.41) is 13.1. The van der Waals surface area contributed by atoms with E-state index in [0.29, 0.717) is 0 Å². The lowest BCUT2D eigenvalue weighted by atomic mass is 10.2. The molecule has 0 aromatic heterocycles. The molecule has 6 nitrogen and oxygen atoms in total. The average molecular weight is 350 g/mol. The number of carbonyl (C=O) groups excluding carboxylic acids is 2. The molecule has 0 unspecified atom stereocenters. The fourth-order valence-electron chi connectivity index (χ4n) is 1.43. The second kappa shape index (κ2) is 8.42. The number of aliphatic carboxylic acids is 1. The SMILES string of the molecule is O=C(O)CCNC(=O)c1ccc(NC(=O)CSC(F)(F)F)cc1. The van der Waals surface area contributed by atoms with Crippen molar-refractivity contribution in [2.45, 2.75) is 11.9 Å². The molecule has 0 aliphatic carbocycles. The van der Waals surface area contributed by atoms with Crippen LogP contribution >= 0.6 is 11.8 Å². The minimum absolute atomic E-state index is 0.0265. The summed E-state index contributed by atoms with van der Waals surface area (Å²) < 4.78 is 35.9. The number of nitrogens with one attached hydrogen (secondary N) is 2. The summed E-state index contributed by atoms with van der Waals surface area (Å²) in [5.74, 6) is -3.11. The van der Waals surface area contributed by atoms with E-state index < -0.39 is 40.8 Å². The maximum absolute atomic E-state index is 12.0. The van der Waals surface area contributed by atoms with Crippen molar-refractivity contribution in [3.63, 3.8) is 0 Å². The largest absolute Gasteiger partial charge is 0.481 e. The predicted molar refractivity (Wildman–Crippen MR) is 78.2 cm³/mol. The molecule has 0 aliphatic rings. The van der Waals surface area contributed by atoms with Crippen LogP contribution in [0.25, 0.3) is 0 Å². The fraction of sp³-hybridized carbons (Fsp3) is 0.308. The number of thioether (sulfide) groups is 1. The van der Waals surface area contributed by atoms with Gasteiger partial charge in [-0.05, 0) is 36.0 Å². The Hall–Kier alpha value is -2.23. The van der Waals surface area contributed by atoms with Crippen LogP contribution in [0.15, 0.2) is 24.3 Å². The van der Waals surface area contributed by atoms with Crippen LogP contribution in [0, 0.1) is 0 Å². The van der Waals surface area contributed by atoms with E-state index in [1.165, 1.54) is 24.3 Å². The van der Waals surface area contributed by atoms with E-state index in [1.54, 1.807) is 0 Å². The Balaban J connectivity index is 2.48. The van der Waals surface area contributed by atoms with Gasteiger partial charge >= 0.3 is 11.5 Å². The van der Waals surface area contributed by atoms with E-state index >= 15 is 0 Å². The molecule has 0 radical (unpaired) electrons. The maximum atomic E-state index is 12.0. The molecule has 23 heavy (non-hydrogen) atoms. The van der Waals surface area contributed by atoms with Gasteiger partial charge in [-0.3, -0.25) is 14.4 Å². The monoisotopic (exact) mass is 350 g/mol. The summed E-state index contributed by atoms with van der Waals surface area (Å²) in [6, 6.07) is 5.45. The van der Waals surface area contributed by atoms with Crippen molar-refractivity contribution in [3.05, 3.63) is 29.8 Å². The molecule has 0 atom stereocenters. The first-order valence-electron chi connectivity index (χ1n) is 6.28. The predicted octanol–water partition coefficient (Wildman–Crippen LogP) is 2.08. The van der Waals surface area contributed by atoms with Gasteiger partial charge in [0.15, 0.2) is 0 Å². The number of benzene rings is 1. The lowest BCUT2D eigenvalue weighted by molar-refractivity contribution is -0.136. The highest BCUT2D eigenvalue weighted by atomic mass is 32.2. The molecule has 1 aromatic rings. The van der Waals surface area contributed by atoms with Crippen molar-refractivity contribution in [1.29, 1.82) is 0 Å². The number of carboxylic acid groups (broad SMARTS) is 1. The third kappa shape index (κ3) is 8.10. The fourth-order valence-corrected chi connectivity index (χ4v) is 1.80. The molecule has 10 heteroatoms.